The summed E-state index contributed by atoms with van der Waals surface area (Å²) in [6.07, 6.45) is 3.28. The van der Waals surface area contributed by atoms with Crippen molar-refractivity contribution in [2.45, 2.75) is 19.5 Å². The van der Waals surface area contributed by atoms with E-state index in [1.807, 2.05) is 7.05 Å². The third-order valence-corrected chi connectivity index (χ3v) is 2.09. The van der Waals surface area contributed by atoms with E-state index in [-0.39, 0.29) is 0 Å². The van der Waals surface area contributed by atoms with Gasteiger partial charge in [-0.1, -0.05) is 0 Å². The van der Waals surface area contributed by atoms with Gasteiger partial charge >= 0.3 is 0 Å². The molecule has 1 aliphatic rings. The van der Waals surface area contributed by atoms with Gasteiger partial charge in [0.1, 0.15) is 0 Å². The highest BCUT2D eigenvalue weighted by molar-refractivity contribution is 5.24. The average molecular weight is 166 g/mol. The Hall–Kier alpha value is -0.960. The van der Waals surface area contributed by atoms with Crippen LogP contribution in [-0.2, 0) is 13.1 Å². The molecule has 1 N–H and O–H groups in total. The summed E-state index contributed by atoms with van der Waals surface area (Å²) in [7, 11) is 1.96. The van der Waals surface area contributed by atoms with Crippen LogP contribution in [0.15, 0.2) is 12.3 Å². The molecule has 66 valence electrons. The van der Waals surface area contributed by atoms with Gasteiger partial charge in [-0.2, -0.15) is 0 Å². The maximum atomic E-state index is 5.49. The lowest BCUT2D eigenvalue weighted by Crippen LogP contribution is -2.12. The predicted molar refractivity (Wildman–Crippen MR) is 47.3 cm³/mol. The average Bonchev–Trinajstić information content (AvgIpc) is 2.47. The van der Waals surface area contributed by atoms with E-state index in [9.17, 15) is 0 Å². The number of aromatic nitrogens is 1. The van der Waals surface area contributed by atoms with E-state index >= 15 is 0 Å². The van der Waals surface area contributed by atoms with Crippen molar-refractivity contribution in [1.29, 1.82) is 0 Å². The number of hydrogen-bond acceptors (Lipinski definition) is 2. The van der Waals surface area contributed by atoms with Gasteiger partial charge in [0.2, 0.25) is 0 Å². The van der Waals surface area contributed by atoms with Crippen molar-refractivity contribution in [2.24, 2.45) is 0 Å². The predicted octanol–water partition coefficient (Wildman–Crippen LogP) is 0.990. The lowest BCUT2D eigenvalue weighted by atomic mass is 10.3. The van der Waals surface area contributed by atoms with E-state index in [2.05, 4.69) is 22.1 Å². The molecule has 0 fully saturated rings. The zero-order valence-electron chi connectivity index (χ0n) is 7.34. The molecule has 0 spiro atoms. The molecule has 1 aromatic heterocycles. The fourth-order valence-corrected chi connectivity index (χ4v) is 1.55. The highest BCUT2D eigenvalue weighted by Crippen LogP contribution is 2.20. The zero-order chi connectivity index (χ0) is 8.39. The second kappa shape index (κ2) is 3.19. The van der Waals surface area contributed by atoms with Crippen molar-refractivity contribution in [3.05, 3.63) is 17.8 Å². The summed E-state index contributed by atoms with van der Waals surface area (Å²) in [6, 6.07) is 2.11. The van der Waals surface area contributed by atoms with Crippen LogP contribution in [0.2, 0.25) is 0 Å². The van der Waals surface area contributed by atoms with E-state index in [1.165, 1.54) is 5.56 Å². The van der Waals surface area contributed by atoms with Gasteiger partial charge < -0.3 is 14.6 Å². The van der Waals surface area contributed by atoms with Gasteiger partial charge in [0.15, 0.2) is 5.88 Å². The Morgan fingerprint density at radius 2 is 2.58 bits per heavy atom. The van der Waals surface area contributed by atoms with Crippen molar-refractivity contribution in [1.82, 2.24) is 9.88 Å². The first-order valence-corrected chi connectivity index (χ1v) is 4.36. The fourth-order valence-electron chi connectivity index (χ4n) is 1.55. The molecule has 3 nitrogen and oxygen atoms in total. The second-order valence-corrected chi connectivity index (χ2v) is 3.11. The molecule has 0 amide bonds. The molecule has 2 rings (SSSR count). The molecular weight excluding hydrogens is 152 g/mol. The Morgan fingerprint density at radius 3 is 3.33 bits per heavy atom. The number of aryl methyl sites for hydroxylation is 1. The van der Waals surface area contributed by atoms with Gasteiger partial charge in [-0.15, -0.1) is 0 Å². The van der Waals surface area contributed by atoms with E-state index in [0.29, 0.717) is 0 Å². The van der Waals surface area contributed by atoms with Crippen LogP contribution in [-0.4, -0.2) is 18.2 Å². The van der Waals surface area contributed by atoms with Crippen LogP contribution >= 0.6 is 0 Å². The number of nitrogens with one attached hydrogen (secondary N) is 1. The van der Waals surface area contributed by atoms with Crippen molar-refractivity contribution < 1.29 is 4.74 Å². The molecule has 0 aliphatic carbocycles. The van der Waals surface area contributed by atoms with Crippen molar-refractivity contribution in [3.63, 3.8) is 0 Å². The molecule has 0 saturated heterocycles. The minimum atomic E-state index is 0.864. The Bertz CT molecular complexity index is 244. The zero-order valence-corrected chi connectivity index (χ0v) is 7.34. The smallest absolute Gasteiger partial charge is 0.193 e. The molecule has 0 atom stereocenters. The third-order valence-electron chi connectivity index (χ3n) is 2.09. The van der Waals surface area contributed by atoms with Crippen LogP contribution in [0.3, 0.4) is 0 Å². The standard InChI is InChI=1S/C9H14N2O/c1-10-6-8-5-9-11(7-8)3-2-4-12-9/h5,7,10H,2-4,6H2,1H3. The lowest BCUT2D eigenvalue weighted by Gasteiger charge is -2.15. The quantitative estimate of drug-likeness (QED) is 0.709. The molecule has 1 aliphatic heterocycles. The third kappa shape index (κ3) is 1.32. The SMILES string of the molecule is CNCc1cc2n(c1)CCCO2. The van der Waals surface area contributed by atoms with Gasteiger partial charge in [0, 0.05) is 25.4 Å². The van der Waals surface area contributed by atoms with Crippen molar-refractivity contribution in [2.75, 3.05) is 13.7 Å². The summed E-state index contributed by atoms with van der Waals surface area (Å²) in [5, 5.41) is 3.12. The maximum Gasteiger partial charge on any atom is 0.193 e. The van der Waals surface area contributed by atoms with E-state index in [4.69, 9.17) is 4.74 Å². The first-order valence-electron chi connectivity index (χ1n) is 4.36. The molecule has 0 radical (unpaired) electrons. The molecule has 12 heavy (non-hydrogen) atoms. The Labute approximate surface area is 72.3 Å². The van der Waals surface area contributed by atoms with Crippen molar-refractivity contribution >= 4 is 0 Å². The van der Waals surface area contributed by atoms with Crippen LogP contribution in [0.5, 0.6) is 5.88 Å². The number of ether oxygens (including phenoxy) is 1. The topological polar surface area (TPSA) is 26.2 Å². The van der Waals surface area contributed by atoms with Crippen LogP contribution < -0.4 is 10.1 Å². The van der Waals surface area contributed by atoms with E-state index < -0.39 is 0 Å². The lowest BCUT2D eigenvalue weighted by molar-refractivity contribution is 0.241. The van der Waals surface area contributed by atoms with E-state index in [0.717, 1.165) is 32.0 Å². The Balaban J connectivity index is 2.20. The second-order valence-electron chi connectivity index (χ2n) is 3.11. The summed E-state index contributed by atoms with van der Waals surface area (Å²) >= 11 is 0. The molecule has 1 aromatic rings. The Morgan fingerprint density at radius 1 is 1.67 bits per heavy atom. The molecule has 0 saturated carbocycles. The first-order chi connectivity index (χ1) is 5.90. The summed E-state index contributed by atoms with van der Waals surface area (Å²) in [6.45, 7) is 2.88. The largest absolute Gasteiger partial charge is 0.479 e. The van der Waals surface area contributed by atoms with E-state index in [1.54, 1.807) is 0 Å². The van der Waals surface area contributed by atoms with Crippen LogP contribution in [0, 0.1) is 0 Å². The summed E-state index contributed by atoms with van der Waals surface area (Å²) in [4.78, 5) is 0. The summed E-state index contributed by atoms with van der Waals surface area (Å²) in [5.41, 5.74) is 1.30. The minimum Gasteiger partial charge on any atom is -0.479 e. The molecular formula is C9H14N2O. The van der Waals surface area contributed by atoms with Crippen LogP contribution in [0.1, 0.15) is 12.0 Å². The maximum absolute atomic E-state index is 5.49. The molecule has 0 unspecified atom stereocenters. The first kappa shape index (κ1) is 7.68. The highest BCUT2D eigenvalue weighted by atomic mass is 16.5. The molecule has 0 aromatic carbocycles. The highest BCUT2D eigenvalue weighted by Gasteiger charge is 2.10. The van der Waals surface area contributed by atoms with Gasteiger partial charge in [-0.3, -0.25) is 0 Å². The van der Waals surface area contributed by atoms with Gasteiger partial charge in [-0.05, 0) is 19.0 Å². The summed E-state index contributed by atoms with van der Waals surface area (Å²) in [5.74, 6) is 1.02. The Kier molecular flexibility index (Phi) is 2.04. The number of fused-ring (bicyclic) bond motifs is 1. The van der Waals surface area contributed by atoms with Gasteiger partial charge in [0.05, 0.1) is 6.61 Å². The number of hydrogen-bond donors (Lipinski definition) is 1. The molecule has 0 bridgehead atoms. The fraction of sp³-hybridized carbons (Fsp3) is 0.556. The number of nitrogens with zero attached hydrogens (tertiary/aromatic N) is 1. The molecule has 2 heterocycles. The van der Waals surface area contributed by atoms with Gasteiger partial charge in [0.25, 0.3) is 0 Å². The monoisotopic (exact) mass is 166 g/mol. The van der Waals surface area contributed by atoms with Crippen LogP contribution in [0.25, 0.3) is 0 Å². The van der Waals surface area contributed by atoms with Gasteiger partial charge in [-0.25, -0.2) is 0 Å². The molecule has 3 heteroatoms. The minimum absolute atomic E-state index is 0.864. The van der Waals surface area contributed by atoms with Crippen LogP contribution in [0.4, 0.5) is 0 Å². The normalized spacial score (nSPS) is 15.4. The number of rotatable bonds is 2. The summed E-state index contributed by atoms with van der Waals surface area (Å²) < 4.78 is 7.66. The van der Waals surface area contributed by atoms with Crippen molar-refractivity contribution in [3.8, 4) is 5.88 Å².